The van der Waals surface area contributed by atoms with Gasteiger partial charge in [-0.05, 0) is 36.8 Å². The Labute approximate surface area is 167 Å². The number of rotatable bonds is 5. The third-order valence-electron chi connectivity index (χ3n) is 4.64. The van der Waals surface area contributed by atoms with Crippen molar-refractivity contribution in [3.05, 3.63) is 72.1 Å². The zero-order valence-electron chi connectivity index (χ0n) is 15.8. The molecule has 0 saturated carbocycles. The molecule has 7 heteroatoms. The van der Waals surface area contributed by atoms with Gasteiger partial charge in [0.05, 0.1) is 11.2 Å². The predicted octanol–water partition coefficient (Wildman–Crippen LogP) is 4.42. The number of pyridine rings is 1. The van der Waals surface area contributed by atoms with E-state index in [0.29, 0.717) is 12.5 Å². The lowest BCUT2D eigenvalue weighted by Crippen LogP contribution is -2.06. The maximum Gasteiger partial charge on any atom is 0.231 e. The average molecular weight is 385 g/mol. The third-order valence-corrected chi connectivity index (χ3v) is 4.64. The Hall–Kier alpha value is -3.87. The van der Waals surface area contributed by atoms with Crippen LogP contribution in [0.2, 0.25) is 0 Å². The van der Waals surface area contributed by atoms with Crippen molar-refractivity contribution in [1.29, 1.82) is 0 Å². The number of aryl methyl sites for hydroxylation is 1. The van der Waals surface area contributed by atoms with Crippen LogP contribution in [-0.4, -0.2) is 21.7 Å². The summed E-state index contributed by atoms with van der Waals surface area (Å²) in [7, 11) is 0. The van der Waals surface area contributed by atoms with E-state index in [0.717, 1.165) is 45.2 Å². The zero-order chi connectivity index (χ0) is 19.6. The van der Waals surface area contributed by atoms with Crippen molar-refractivity contribution in [2.75, 3.05) is 17.4 Å². The maximum absolute atomic E-state index is 5.44. The van der Waals surface area contributed by atoms with Gasteiger partial charge in [0.25, 0.3) is 0 Å². The fraction of sp³-hybridized carbons (Fsp3) is 0.136. The van der Waals surface area contributed by atoms with Crippen LogP contribution in [0.5, 0.6) is 11.5 Å². The van der Waals surface area contributed by atoms with Crippen LogP contribution < -0.4 is 20.1 Å². The summed E-state index contributed by atoms with van der Waals surface area (Å²) in [6, 6.07) is 17.8. The Bertz CT molecular complexity index is 1190. The Balaban J connectivity index is 1.36. The fourth-order valence-electron chi connectivity index (χ4n) is 3.28. The van der Waals surface area contributed by atoms with E-state index in [9.17, 15) is 0 Å². The van der Waals surface area contributed by atoms with Gasteiger partial charge in [0.1, 0.15) is 5.82 Å². The minimum atomic E-state index is 0.273. The molecule has 5 rings (SSSR count). The molecule has 0 fully saturated rings. The summed E-state index contributed by atoms with van der Waals surface area (Å²) < 4.78 is 10.8. The Morgan fingerprint density at radius 2 is 1.86 bits per heavy atom. The van der Waals surface area contributed by atoms with Crippen LogP contribution >= 0.6 is 0 Å². The van der Waals surface area contributed by atoms with Gasteiger partial charge in [0.15, 0.2) is 11.5 Å². The van der Waals surface area contributed by atoms with Crippen LogP contribution in [0.25, 0.3) is 10.9 Å². The molecule has 0 atom stereocenters. The first-order valence-corrected chi connectivity index (χ1v) is 9.33. The van der Waals surface area contributed by atoms with E-state index in [2.05, 4.69) is 25.6 Å². The van der Waals surface area contributed by atoms with Crippen molar-refractivity contribution >= 4 is 28.4 Å². The van der Waals surface area contributed by atoms with Gasteiger partial charge < -0.3 is 20.1 Å². The van der Waals surface area contributed by atoms with Crippen LogP contribution in [0, 0.1) is 6.92 Å². The highest BCUT2D eigenvalue weighted by Gasteiger charge is 2.13. The molecule has 0 amide bonds. The number of hydrogen-bond acceptors (Lipinski definition) is 7. The van der Waals surface area contributed by atoms with Crippen LogP contribution in [0.15, 0.2) is 60.8 Å². The highest BCUT2D eigenvalue weighted by Crippen LogP contribution is 2.32. The highest BCUT2D eigenvalue weighted by atomic mass is 16.7. The van der Waals surface area contributed by atoms with Crippen molar-refractivity contribution in [3.8, 4) is 11.5 Å². The normalized spacial score (nSPS) is 12.2. The Morgan fingerprint density at radius 3 is 2.83 bits per heavy atom. The van der Waals surface area contributed by atoms with Gasteiger partial charge in [-0.25, -0.2) is 4.98 Å². The van der Waals surface area contributed by atoms with Gasteiger partial charge in [-0.15, -0.1) is 0 Å². The van der Waals surface area contributed by atoms with E-state index in [4.69, 9.17) is 9.47 Å². The van der Waals surface area contributed by atoms with E-state index >= 15 is 0 Å². The number of nitrogens with one attached hydrogen (secondary N) is 2. The largest absolute Gasteiger partial charge is 0.454 e. The minimum Gasteiger partial charge on any atom is -0.454 e. The molecule has 0 bridgehead atoms. The molecule has 0 unspecified atom stereocenters. The van der Waals surface area contributed by atoms with Crippen molar-refractivity contribution in [2.45, 2.75) is 13.5 Å². The second kappa shape index (κ2) is 7.27. The van der Waals surface area contributed by atoms with Crippen molar-refractivity contribution in [2.24, 2.45) is 0 Å². The summed E-state index contributed by atoms with van der Waals surface area (Å²) in [6.07, 6.45) is 1.78. The molecule has 1 aliphatic heterocycles. The Morgan fingerprint density at radius 1 is 0.966 bits per heavy atom. The number of benzene rings is 2. The summed E-state index contributed by atoms with van der Waals surface area (Å²) in [5.41, 5.74) is 3.70. The van der Waals surface area contributed by atoms with Crippen molar-refractivity contribution in [1.82, 2.24) is 15.0 Å². The lowest BCUT2D eigenvalue weighted by molar-refractivity contribution is 0.174. The summed E-state index contributed by atoms with van der Waals surface area (Å²) in [5, 5.41) is 7.71. The van der Waals surface area contributed by atoms with E-state index in [1.807, 2.05) is 61.5 Å². The van der Waals surface area contributed by atoms with E-state index in [1.54, 1.807) is 6.20 Å². The van der Waals surface area contributed by atoms with Crippen LogP contribution in [-0.2, 0) is 6.54 Å². The minimum absolute atomic E-state index is 0.273. The summed E-state index contributed by atoms with van der Waals surface area (Å²) in [4.78, 5) is 13.6. The first-order chi connectivity index (χ1) is 14.2. The van der Waals surface area contributed by atoms with Crippen LogP contribution in [0.4, 0.5) is 17.5 Å². The number of hydrogen-bond donors (Lipinski definition) is 2. The molecule has 4 aromatic rings. The lowest BCUT2D eigenvalue weighted by atomic mass is 10.2. The molecule has 2 aromatic carbocycles. The molecule has 0 spiro atoms. The number of aromatic nitrogens is 3. The van der Waals surface area contributed by atoms with Gasteiger partial charge in [-0.3, -0.25) is 4.98 Å². The molecule has 7 nitrogen and oxygen atoms in total. The smallest absolute Gasteiger partial charge is 0.231 e. The topological polar surface area (TPSA) is 81.2 Å². The summed E-state index contributed by atoms with van der Waals surface area (Å²) in [5.74, 6) is 2.82. The molecule has 1 aliphatic rings. The average Bonchev–Trinajstić information content (AvgIpc) is 3.20. The lowest BCUT2D eigenvalue weighted by Gasteiger charge is -2.11. The predicted molar refractivity (Wildman–Crippen MR) is 112 cm³/mol. The fourth-order valence-corrected chi connectivity index (χ4v) is 3.28. The summed E-state index contributed by atoms with van der Waals surface area (Å²) >= 11 is 0. The van der Waals surface area contributed by atoms with E-state index in [1.165, 1.54) is 0 Å². The molecule has 2 N–H and O–H groups in total. The number of nitrogens with zero attached hydrogens (tertiary/aromatic N) is 3. The maximum atomic E-state index is 5.44. The molecule has 144 valence electrons. The SMILES string of the molecule is Cc1cc(NCc2ccc3c(c2)OCO3)nc(Nc2cccc3cccnc23)n1. The second-order valence-electron chi connectivity index (χ2n) is 6.77. The third kappa shape index (κ3) is 3.62. The van der Waals surface area contributed by atoms with E-state index < -0.39 is 0 Å². The van der Waals surface area contributed by atoms with Gasteiger partial charge in [-0.1, -0.05) is 24.3 Å². The second-order valence-corrected chi connectivity index (χ2v) is 6.77. The van der Waals surface area contributed by atoms with Crippen molar-refractivity contribution in [3.63, 3.8) is 0 Å². The zero-order valence-corrected chi connectivity index (χ0v) is 15.8. The molecular weight excluding hydrogens is 366 g/mol. The highest BCUT2D eigenvalue weighted by molar-refractivity contribution is 5.91. The molecule has 29 heavy (non-hydrogen) atoms. The van der Waals surface area contributed by atoms with Gasteiger partial charge in [0.2, 0.25) is 12.7 Å². The first-order valence-electron chi connectivity index (χ1n) is 9.33. The molecule has 2 aromatic heterocycles. The standard InChI is InChI=1S/C22H19N5O2/c1-14-10-20(24-12-15-7-8-18-19(11-15)29-13-28-18)27-22(25-14)26-17-6-2-4-16-5-3-9-23-21(16)17/h2-11H,12-13H2,1H3,(H2,24,25,26,27). The molecular formula is C22H19N5O2. The summed E-state index contributed by atoms with van der Waals surface area (Å²) in [6.45, 7) is 2.83. The molecule has 0 radical (unpaired) electrons. The van der Waals surface area contributed by atoms with Gasteiger partial charge in [0, 0.05) is 29.9 Å². The monoisotopic (exact) mass is 385 g/mol. The van der Waals surface area contributed by atoms with Gasteiger partial charge >= 0.3 is 0 Å². The molecule has 3 heterocycles. The molecule has 0 aliphatic carbocycles. The van der Waals surface area contributed by atoms with Crippen molar-refractivity contribution < 1.29 is 9.47 Å². The van der Waals surface area contributed by atoms with Crippen LogP contribution in [0.1, 0.15) is 11.3 Å². The number of fused-ring (bicyclic) bond motifs is 2. The van der Waals surface area contributed by atoms with Gasteiger partial charge in [-0.2, -0.15) is 4.98 Å². The van der Waals surface area contributed by atoms with E-state index in [-0.39, 0.29) is 6.79 Å². The number of para-hydroxylation sites is 1. The number of anilines is 3. The number of ether oxygens (including phenoxy) is 2. The Kier molecular flexibility index (Phi) is 4.32. The quantitative estimate of drug-likeness (QED) is 0.526. The molecule has 0 saturated heterocycles. The first kappa shape index (κ1) is 17.2. The van der Waals surface area contributed by atoms with Crippen LogP contribution in [0.3, 0.4) is 0 Å².